The first-order valence-electron chi connectivity index (χ1n) is 7.43. The number of hydrogen-bond donors (Lipinski definition) is 0. The lowest BCUT2D eigenvalue weighted by molar-refractivity contribution is 0.442. The number of alkyl halides is 1. The van der Waals surface area contributed by atoms with Crippen molar-refractivity contribution in [2.24, 2.45) is 5.92 Å². The first kappa shape index (κ1) is 13.7. The Hall–Kier alpha value is -1.27. The molecule has 0 amide bonds. The van der Waals surface area contributed by atoms with Crippen LogP contribution in [-0.4, -0.2) is 0 Å². The summed E-state index contributed by atoms with van der Waals surface area (Å²) in [5, 5.41) is 0.154. The Labute approximate surface area is 126 Å². The molecule has 0 radical (unpaired) electrons. The molecule has 0 aliphatic heterocycles. The van der Waals surface area contributed by atoms with E-state index in [1.807, 2.05) is 0 Å². The van der Waals surface area contributed by atoms with Crippen molar-refractivity contribution in [3.05, 3.63) is 70.3 Å². The molecule has 2 atom stereocenters. The third-order valence-corrected chi connectivity index (χ3v) is 5.21. The average Bonchev–Trinajstić information content (AvgIpc) is 2.46. The third-order valence-electron chi connectivity index (χ3n) is 4.62. The molecule has 0 fully saturated rings. The molecule has 2 unspecified atom stereocenters. The summed E-state index contributed by atoms with van der Waals surface area (Å²) in [6.07, 6.45) is 3.44. The number of benzene rings is 2. The van der Waals surface area contributed by atoms with Crippen LogP contribution in [0.2, 0.25) is 0 Å². The molecular weight excluding hydrogens is 264 g/mol. The monoisotopic (exact) mass is 284 g/mol. The fourth-order valence-electron chi connectivity index (χ4n) is 3.21. The maximum atomic E-state index is 6.73. The highest BCUT2D eigenvalue weighted by Gasteiger charge is 2.27. The van der Waals surface area contributed by atoms with E-state index in [1.54, 1.807) is 0 Å². The zero-order valence-electron chi connectivity index (χ0n) is 12.2. The van der Waals surface area contributed by atoms with Crippen molar-refractivity contribution in [2.45, 2.75) is 38.5 Å². The standard InChI is InChI=1S/C19H21Cl/c1-13-7-8-15(11-14(13)2)12-17-10-9-16-5-3-4-6-18(16)19(17)20/h3-8,11,17,19H,9-10,12H2,1-2H3. The first-order chi connectivity index (χ1) is 9.65. The van der Waals surface area contributed by atoms with E-state index in [9.17, 15) is 0 Å². The van der Waals surface area contributed by atoms with Crippen molar-refractivity contribution in [2.75, 3.05) is 0 Å². The van der Waals surface area contributed by atoms with Crippen LogP contribution in [0.4, 0.5) is 0 Å². The number of halogens is 1. The smallest absolute Gasteiger partial charge is 0.0619 e. The molecule has 0 bridgehead atoms. The lowest BCUT2D eigenvalue weighted by atomic mass is 9.80. The molecule has 3 rings (SSSR count). The lowest BCUT2D eigenvalue weighted by Gasteiger charge is -2.29. The van der Waals surface area contributed by atoms with Crippen molar-refractivity contribution in [1.29, 1.82) is 0 Å². The highest BCUT2D eigenvalue weighted by Crippen LogP contribution is 2.40. The van der Waals surface area contributed by atoms with Gasteiger partial charge in [0.1, 0.15) is 0 Å². The number of fused-ring (bicyclic) bond motifs is 1. The summed E-state index contributed by atoms with van der Waals surface area (Å²) < 4.78 is 0. The molecular formula is C19H21Cl. The van der Waals surface area contributed by atoms with Crippen molar-refractivity contribution in [3.63, 3.8) is 0 Å². The van der Waals surface area contributed by atoms with Gasteiger partial charge in [-0.1, -0.05) is 42.5 Å². The van der Waals surface area contributed by atoms with Gasteiger partial charge in [-0.2, -0.15) is 0 Å². The maximum Gasteiger partial charge on any atom is 0.0619 e. The molecule has 0 saturated heterocycles. The highest BCUT2D eigenvalue weighted by molar-refractivity contribution is 6.21. The van der Waals surface area contributed by atoms with Crippen molar-refractivity contribution in [1.82, 2.24) is 0 Å². The second-order valence-corrected chi connectivity index (χ2v) is 6.49. The van der Waals surface area contributed by atoms with Gasteiger partial charge < -0.3 is 0 Å². The first-order valence-corrected chi connectivity index (χ1v) is 7.87. The molecule has 1 aliphatic rings. The second kappa shape index (κ2) is 5.61. The van der Waals surface area contributed by atoms with E-state index in [0.717, 1.165) is 12.8 Å². The molecule has 0 nitrogen and oxygen atoms in total. The number of aryl methyl sites for hydroxylation is 3. The van der Waals surface area contributed by atoms with Gasteiger partial charge in [0.25, 0.3) is 0 Å². The molecule has 104 valence electrons. The van der Waals surface area contributed by atoms with Crippen molar-refractivity contribution in [3.8, 4) is 0 Å². The summed E-state index contributed by atoms with van der Waals surface area (Å²) in [4.78, 5) is 0. The zero-order valence-corrected chi connectivity index (χ0v) is 13.0. The topological polar surface area (TPSA) is 0 Å². The Kier molecular flexibility index (Phi) is 3.85. The average molecular weight is 285 g/mol. The molecule has 20 heavy (non-hydrogen) atoms. The molecule has 1 aliphatic carbocycles. The molecule has 0 heterocycles. The van der Waals surface area contributed by atoms with E-state index in [4.69, 9.17) is 11.6 Å². The van der Waals surface area contributed by atoms with Gasteiger partial charge in [0.05, 0.1) is 5.38 Å². The van der Waals surface area contributed by atoms with E-state index < -0.39 is 0 Å². The van der Waals surface area contributed by atoms with Crippen LogP contribution in [0.5, 0.6) is 0 Å². The van der Waals surface area contributed by atoms with Crippen LogP contribution in [0.15, 0.2) is 42.5 Å². The van der Waals surface area contributed by atoms with Crippen LogP contribution in [0.25, 0.3) is 0 Å². The van der Waals surface area contributed by atoms with Crippen LogP contribution in [0.1, 0.15) is 39.6 Å². The van der Waals surface area contributed by atoms with Gasteiger partial charge in [-0.05, 0) is 66.8 Å². The summed E-state index contributed by atoms with van der Waals surface area (Å²) in [6, 6.07) is 15.4. The molecule has 2 aromatic rings. The van der Waals surface area contributed by atoms with Gasteiger partial charge in [-0.15, -0.1) is 11.6 Å². The summed E-state index contributed by atoms with van der Waals surface area (Å²) in [5.74, 6) is 0.550. The summed E-state index contributed by atoms with van der Waals surface area (Å²) >= 11 is 6.73. The van der Waals surface area contributed by atoms with Gasteiger partial charge in [-0.3, -0.25) is 0 Å². The fourth-order valence-corrected chi connectivity index (χ4v) is 3.64. The number of rotatable bonds is 2. The van der Waals surface area contributed by atoms with Crippen molar-refractivity contribution >= 4 is 11.6 Å². The van der Waals surface area contributed by atoms with Crippen LogP contribution in [0, 0.1) is 19.8 Å². The Morgan fingerprint density at radius 3 is 2.65 bits per heavy atom. The molecule has 2 aromatic carbocycles. The minimum atomic E-state index is 0.154. The summed E-state index contributed by atoms with van der Waals surface area (Å²) in [6.45, 7) is 4.35. The SMILES string of the molecule is Cc1ccc(CC2CCc3ccccc3C2Cl)cc1C. The van der Waals surface area contributed by atoms with Crippen LogP contribution < -0.4 is 0 Å². The van der Waals surface area contributed by atoms with Gasteiger partial charge >= 0.3 is 0 Å². The molecule has 0 saturated carbocycles. The van der Waals surface area contributed by atoms with Crippen LogP contribution in [-0.2, 0) is 12.8 Å². The Balaban J connectivity index is 1.81. The van der Waals surface area contributed by atoms with Crippen LogP contribution in [0.3, 0.4) is 0 Å². The minimum absolute atomic E-state index is 0.154. The van der Waals surface area contributed by atoms with E-state index in [1.165, 1.54) is 34.2 Å². The largest absolute Gasteiger partial charge is 0.117 e. The Morgan fingerprint density at radius 1 is 1.05 bits per heavy atom. The summed E-state index contributed by atoms with van der Waals surface area (Å²) in [7, 11) is 0. The molecule has 0 aromatic heterocycles. The van der Waals surface area contributed by atoms with Gasteiger partial charge in [-0.25, -0.2) is 0 Å². The van der Waals surface area contributed by atoms with Gasteiger partial charge in [0.2, 0.25) is 0 Å². The third kappa shape index (κ3) is 2.62. The minimum Gasteiger partial charge on any atom is -0.117 e. The Morgan fingerprint density at radius 2 is 1.85 bits per heavy atom. The highest BCUT2D eigenvalue weighted by atomic mass is 35.5. The van der Waals surface area contributed by atoms with Gasteiger partial charge in [0.15, 0.2) is 0 Å². The van der Waals surface area contributed by atoms with E-state index in [2.05, 4.69) is 56.3 Å². The second-order valence-electron chi connectivity index (χ2n) is 6.02. The lowest BCUT2D eigenvalue weighted by Crippen LogP contribution is -2.19. The van der Waals surface area contributed by atoms with E-state index in [-0.39, 0.29) is 5.38 Å². The molecule has 0 N–H and O–H groups in total. The van der Waals surface area contributed by atoms with Crippen molar-refractivity contribution < 1.29 is 0 Å². The normalized spacial score (nSPS) is 21.6. The quantitative estimate of drug-likeness (QED) is 0.649. The van der Waals surface area contributed by atoms with Crippen LogP contribution >= 0.6 is 11.6 Å². The van der Waals surface area contributed by atoms with Gasteiger partial charge in [0, 0.05) is 0 Å². The maximum absolute atomic E-state index is 6.73. The molecule has 0 spiro atoms. The molecule has 1 heteroatoms. The number of hydrogen-bond acceptors (Lipinski definition) is 0. The zero-order chi connectivity index (χ0) is 14.1. The Bertz CT molecular complexity index is 615. The predicted molar refractivity (Wildman–Crippen MR) is 86.5 cm³/mol. The summed E-state index contributed by atoms with van der Waals surface area (Å²) in [5.41, 5.74) is 6.94. The fraction of sp³-hybridized carbons (Fsp3) is 0.368. The van der Waals surface area contributed by atoms with E-state index in [0.29, 0.717) is 5.92 Å². The predicted octanol–water partition coefficient (Wildman–Crippen LogP) is 5.39. The van der Waals surface area contributed by atoms with E-state index >= 15 is 0 Å².